The number of anilines is 1. The third-order valence-corrected chi connectivity index (χ3v) is 3.46. The van der Waals surface area contributed by atoms with Crippen LogP contribution >= 0.6 is 15.9 Å². The average Bonchev–Trinajstić information content (AvgIpc) is 2.36. The van der Waals surface area contributed by atoms with E-state index in [-0.39, 0.29) is 17.7 Å². The van der Waals surface area contributed by atoms with E-state index in [0.29, 0.717) is 11.1 Å². The van der Waals surface area contributed by atoms with Gasteiger partial charge in [-0.25, -0.2) is 8.78 Å². The zero-order valence-corrected chi connectivity index (χ0v) is 12.3. The number of nitrogens with one attached hydrogen (secondary N) is 1. The maximum Gasteiger partial charge on any atom is 0.128 e. The number of aryl methyl sites for hydroxylation is 1. The number of benzene rings is 2. The van der Waals surface area contributed by atoms with E-state index in [1.807, 2.05) is 6.92 Å². The Morgan fingerprint density at radius 3 is 2.42 bits per heavy atom. The van der Waals surface area contributed by atoms with E-state index in [9.17, 15) is 8.78 Å². The van der Waals surface area contributed by atoms with Gasteiger partial charge in [-0.05, 0) is 55.8 Å². The maximum atomic E-state index is 13.7. The molecule has 0 aliphatic rings. The molecule has 0 aromatic heterocycles. The van der Waals surface area contributed by atoms with Gasteiger partial charge in [0, 0.05) is 15.7 Å². The molecule has 2 aromatic carbocycles. The van der Waals surface area contributed by atoms with Gasteiger partial charge >= 0.3 is 0 Å². The number of halogens is 3. The summed E-state index contributed by atoms with van der Waals surface area (Å²) in [6.07, 6.45) is 0. The van der Waals surface area contributed by atoms with Crippen molar-refractivity contribution in [3.63, 3.8) is 0 Å². The SMILES string of the molecule is Cc1cc(NC(C)c2cc(Br)ccc2F)ccc1F. The lowest BCUT2D eigenvalue weighted by Gasteiger charge is -2.17. The van der Waals surface area contributed by atoms with E-state index >= 15 is 0 Å². The first-order valence-corrected chi connectivity index (χ1v) is 6.74. The van der Waals surface area contributed by atoms with Crippen LogP contribution < -0.4 is 5.32 Å². The van der Waals surface area contributed by atoms with Crippen molar-refractivity contribution in [2.24, 2.45) is 0 Å². The van der Waals surface area contributed by atoms with Crippen molar-refractivity contribution in [2.45, 2.75) is 19.9 Å². The number of rotatable bonds is 3. The van der Waals surface area contributed by atoms with Crippen molar-refractivity contribution < 1.29 is 8.78 Å². The van der Waals surface area contributed by atoms with Gasteiger partial charge in [-0.1, -0.05) is 15.9 Å². The molecule has 1 N–H and O–H groups in total. The van der Waals surface area contributed by atoms with Crippen molar-refractivity contribution in [2.75, 3.05) is 5.32 Å². The molecule has 0 aliphatic carbocycles. The van der Waals surface area contributed by atoms with Crippen LogP contribution in [0.1, 0.15) is 24.1 Å². The van der Waals surface area contributed by atoms with Crippen LogP contribution in [0.4, 0.5) is 14.5 Å². The van der Waals surface area contributed by atoms with E-state index in [0.717, 1.165) is 10.2 Å². The quantitative estimate of drug-likeness (QED) is 0.816. The van der Waals surface area contributed by atoms with Gasteiger partial charge in [0.1, 0.15) is 11.6 Å². The average molecular weight is 326 g/mol. The van der Waals surface area contributed by atoms with Crippen LogP contribution in [0.5, 0.6) is 0 Å². The lowest BCUT2D eigenvalue weighted by atomic mass is 10.1. The zero-order valence-electron chi connectivity index (χ0n) is 10.7. The summed E-state index contributed by atoms with van der Waals surface area (Å²) in [6, 6.07) is 9.38. The fraction of sp³-hybridized carbons (Fsp3) is 0.200. The molecular formula is C15H14BrF2N. The Balaban J connectivity index is 2.22. The van der Waals surface area contributed by atoms with Gasteiger partial charge in [-0.2, -0.15) is 0 Å². The highest BCUT2D eigenvalue weighted by Gasteiger charge is 2.11. The normalized spacial score (nSPS) is 12.3. The molecule has 0 heterocycles. The minimum absolute atomic E-state index is 0.206. The first-order valence-electron chi connectivity index (χ1n) is 5.95. The van der Waals surface area contributed by atoms with Crippen molar-refractivity contribution in [1.29, 1.82) is 0 Å². The molecule has 1 nitrogen and oxygen atoms in total. The van der Waals surface area contributed by atoms with Crippen molar-refractivity contribution in [3.05, 3.63) is 63.6 Å². The molecule has 0 fully saturated rings. The van der Waals surface area contributed by atoms with Crippen LogP contribution in [0.2, 0.25) is 0 Å². The minimum Gasteiger partial charge on any atom is -0.378 e. The largest absolute Gasteiger partial charge is 0.378 e. The van der Waals surface area contributed by atoms with Gasteiger partial charge in [0.05, 0.1) is 6.04 Å². The second-order valence-electron chi connectivity index (χ2n) is 4.50. The van der Waals surface area contributed by atoms with E-state index in [1.165, 1.54) is 12.1 Å². The molecule has 19 heavy (non-hydrogen) atoms. The molecule has 2 aromatic rings. The second kappa shape index (κ2) is 5.70. The van der Waals surface area contributed by atoms with Crippen LogP contribution in [0, 0.1) is 18.6 Å². The Hall–Kier alpha value is -1.42. The lowest BCUT2D eigenvalue weighted by molar-refractivity contribution is 0.599. The van der Waals surface area contributed by atoms with Crippen molar-refractivity contribution in [3.8, 4) is 0 Å². The van der Waals surface area contributed by atoms with Gasteiger partial charge in [0.2, 0.25) is 0 Å². The second-order valence-corrected chi connectivity index (χ2v) is 5.41. The summed E-state index contributed by atoms with van der Waals surface area (Å²) >= 11 is 3.33. The van der Waals surface area contributed by atoms with Crippen molar-refractivity contribution in [1.82, 2.24) is 0 Å². The highest BCUT2D eigenvalue weighted by molar-refractivity contribution is 9.10. The molecule has 100 valence electrons. The van der Waals surface area contributed by atoms with E-state index < -0.39 is 0 Å². The van der Waals surface area contributed by atoms with Gasteiger partial charge in [-0.15, -0.1) is 0 Å². The minimum atomic E-state index is -0.262. The molecule has 0 amide bonds. The third kappa shape index (κ3) is 3.32. The van der Waals surface area contributed by atoms with E-state index in [2.05, 4.69) is 21.2 Å². The van der Waals surface area contributed by atoms with Gasteiger partial charge < -0.3 is 5.32 Å². The van der Waals surface area contributed by atoms with Crippen LogP contribution in [-0.2, 0) is 0 Å². The van der Waals surface area contributed by atoms with Gasteiger partial charge in [0.25, 0.3) is 0 Å². The number of hydrogen-bond acceptors (Lipinski definition) is 1. The topological polar surface area (TPSA) is 12.0 Å². The molecule has 1 atom stereocenters. The van der Waals surface area contributed by atoms with E-state index in [1.54, 1.807) is 31.2 Å². The summed E-state index contributed by atoms with van der Waals surface area (Å²) in [4.78, 5) is 0. The predicted molar refractivity (Wildman–Crippen MR) is 77.3 cm³/mol. The Kier molecular flexibility index (Phi) is 4.20. The standard InChI is InChI=1S/C15H14BrF2N/c1-9-7-12(4-6-14(9)17)19-10(2)13-8-11(16)3-5-15(13)18/h3-8,10,19H,1-2H3. The zero-order chi connectivity index (χ0) is 14.0. The molecule has 0 saturated heterocycles. The molecule has 0 radical (unpaired) electrons. The summed E-state index contributed by atoms with van der Waals surface area (Å²) in [5, 5.41) is 3.17. The predicted octanol–water partition coefficient (Wildman–Crippen LogP) is 5.21. The van der Waals surface area contributed by atoms with Gasteiger partial charge in [-0.3, -0.25) is 0 Å². The fourth-order valence-electron chi connectivity index (χ4n) is 1.91. The van der Waals surface area contributed by atoms with E-state index in [4.69, 9.17) is 0 Å². The highest BCUT2D eigenvalue weighted by Crippen LogP contribution is 2.25. The molecule has 1 unspecified atom stereocenters. The van der Waals surface area contributed by atoms with Crippen LogP contribution in [-0.4, -0.2) is 0 Å². The maximum absolute atomic E-state index is 13.7. The smallest absolute Gasteiger partial charge is 0.128 e. The Labute approximate surface area is 119 Å². The molecule has 2 rings (SSSR count). The Bertz CT molecular complexity index is 599. The molecule has 0 aliphatic heterocycles. The first kappa shape index (κ1) is 14.0. The third-order valence-electron chi connectivity index (χ3n) is 2.97. The molecule has 0 saturated carbocycles. The van der Waals surface area contributed by atoms with Crippen LogP contribution in [0.25, 0.3) is 0 Å². The van der Waals surface area contributed by atoms with Crippen LogP contribution in [0.15, 0.2) is 40.9 Å². The Morgan fingerprint density at radius 2 is 1.74 bits per heavy atom. The highest BCUT2D eigenvalue weighted by atomic mass is 79.9. The van der Waals surface area contributed by atoms with Gasteiger partial charge in [0.15, 0.2) is 0 Å². The lowest BCUT2D eigenvalue weighted by Crippen LogP contribution is -2.09. The number of hydrogen-bond donors (Lipinski definition) is 1. The summed E-state index contributed by atoms with van der Waals surface area (Å²) in [5.41, 5.74) is 1.90. The molecule has 0 spiro atoms. The summed E-state index contributed by atoms with van der Waals surface area (Å²) < 4.78 is 27.8. The van der Waals surface area contributed by atoms with Crippen molar-refractivity contribution >= 4 is 21.6 Å². The monoisotopic (exact) mass is 325 g/mol. The summed E-state index contributed by atoms with van der Waals surface area (Å²) in [7, 11) is 0. The molecule has 0 bridgehead atoms. The van der Waals surface area contributed by atoms with Crippen LogP contribution in [0.3, 0.4) is 0 Å². The molecular weight excluding hydrogens is 312 g/mol. The molecule has 4 heteroatoms. The fourth-order valence-corrected chi connectivity index (χ4v) is 2.29. The summed E-state index contributed by atoms with van der Waals surface area (Å²) in [5.74, 6) is -0.506. The summed E-state index contributed by atoms with van der Waals surface area (Å²) in [6.45, 7) is 3.56. The Morgan fingerprint density at radius 1 is 1.05 bits per heavy atom. The first-order chi connectivity index (χ1) is 8.97.